The largest absolute Gasteiger partial charge is 0.383 e. The van der Waals surface area contributed by atoms with E-state index in [9.17, 15) is 10.1 Å². The number of nitrogens with one attached hydrogen (secondary N) is 1. The Bertz CT molecular complexity index is 923. The Morgan fingerprint density at radius 2 is 1.93 bits per heavy atom. The molecule has 0 spiro atoms. The molecule has 2 aliphatic heterocycles. The van der Waals surface area contributed by atoms with Gasteiger partial charge in [-0.3, -0.25) is 4.79 Å². The van der Waals surface area contributed by atoms with Crippen LogP contribution in [0.2, 0.25) is 0 Å². The summed E-state index contributed by atoms with van der Waals surface area (Å²) in [5.41, 5.74) is 4.08. The molecule has 2 atom stereocenters. The van der Waals surface area contributed by atoms with Crippen LogP contribution >= 0.6 is 0 Å². The van der Waals surface area contributed by atoms with Crippen molar-refractivity contribution in [2.75, 3.05) is 49.7 Å². The van der Waals surface area contributed by atoms with Gasteiger partial charge in [-0.05, 0) is 30.2 Å². The number of ether oxygens (including phenoxy) is 1. The zero-order chi connectivity index (χ0) is 20.2. The van der Waals surface area contributed by atoms with Crippen molar-refractivity contribution in [3.05, 3.63) is 59.7 Å². The molecule has 0 bridgehead atoms. The van der Waals surface area contributed by atoms with E-state index in [4.69, 9.17) is 4.74 Å². The molecular weight excluding hydrogens is 364 g/mol. The number of rotatable bonds is 5. The van der Waals surface area contributed by atoms with Gasteiger partial charge in [0.1, 0.15) is 6.07 Å². The summed E-state index contributed by atoms with van der Waals surface area (Å²) in [5, 5.41) is 12.5. The predicted molar refractivity (Wildman–Crippen MR) is 113 cm³/mol. The van der Waals surface area contributed by atoms with Gasteiger partial charge in [-0.2, -0.15) is 5.26 Å². The van der Waals surface area contributed by atoms with Gasteiger partial charge < -0.3 is 19.9 Å². The third-order valence-corrected chi connectivity index (χ3v) is 5.93. The van der Waals surface area contributed by atoms with Crippen LogP contribution in [0.15, 0.2) is 48.5 Å². The quantitative estimate of drug-likeness (QED) is 0.793. The molecule has 1 amide bonds. The first-order valence-corrected chi connectivity index (χ1v) is 10.1. The molecule has 0 aromatic heterocycles. The Labute approximate surface area is 171 Å². The highest BCUT2D eigenvalue weighted by atomic mass is 16.5. The smallest absolute Gasteiger partial charge is 0.225 e. The minimum absolute atomic E-state index is 0.0629. The number of nitrogens with zero attached hydrogens (tertiary/aromatic N) is 3. The summed E-state index contributed by atoms with van der Waals surface area (Å²) >= 11 is 0. The van der Waals surface area contributed by atoms with E-state index in [1.165, 1.54) is 11.3 Å². The summed E-state index contributed by atoms with van der Waals surface area (Å²) in [6.45, 7) is 3.38. The molecule has 2 heterocycles. The SMILES string of the molecule is COCCNC(=O)[C@H]1Cc2ccccc2N2CCN(c3ccccc3C#N)C[C@@H]12. The van der Waals surface area contributed by atoms with Crippen molar-refractivity contribution in [1.82, 2.24) is 5.32 Å². The second kappa shape index (κ2) is 8.54. The first-order valence-electron chi connectivity index (χ1n) is 10.1. The van der Waals surface area contributed by atoms with Crippen molar-refractivity contribution < 1.29 is 9.53 Å². The number of anilines is 2. The fourth-order valence-corrected chi connectivity index (χ4v) is 4.53. The summed E-state index contributed by atoms with van der Waals surface area (Å²) < 4.78 is 5.08. The molecule has 2 aliphatic rings. The molecule has 6 nitrogen and oxygen atoms in total. The van der Waals surface area contributed by atoms with E-state index in [1.54, 1.807) is 7.11 Å². The highest BCUT2D eigenvalue weighted by molar-refractivity contribution is 5.82. The van der Waals surface area contributed by atoms with Crippen LogP contribution in [0.25, 0.3) is 0 Å². The van der Waals surface area contributed by atoms with Crippen molar-refractivity contribution in [2.24, 2.45) is 5.92 Å². The Hall–Kier alpha value is -3.04. The maximum atomic E-state index is 13.0. The van der Waals surface area contributed by atoms with Gasteiger partial charge in [-0.1, -0.05) is 30.3 Å². The zero-order valence-electron chi connectivity index (χ0n) is 16.7. The third kappa shape index (κ3) is 3.79. The summed E-state index contributed by atoms with van der Waals surface area (Å²) in [6.07, 6.45) is 0.726. The van der Waals surface area contributed by atoms with E-state index in [0.29, 0.717) is 18.7 Å². The molecule has 0 aliphatic carbocycles. The highest BCUT2D eigenvalue weighted by Crippen LogP contribution is 2.37. The molecular formula is C23H26N4O2. The summed E-state index contributed by atoms with van der Waals surface area (Å²) in [6, 6.07) is 18.5. The number of methoxy groups -OCH3 is 1. The molecule has 2 aromatic carbocycles. The van der Waals surface area contributed by atoms with Crippen LogP contribution in [0.5, 0.6) is 0 Å². The summed E-state index contributed by atoms with van der Waals surface area (Å²) in [4.78, 5) is 17.7. The fraction of sp³-hybridized carbons (Fsp3) is 0.391. The topological polar surface area (TPSA) is 68.6 Å². The maximum Gasteiger partial charge on any atom is 0.225 e. The highest BCUT2D eigenvalue weighted by Gasteiger charge is 2.41. The molecule has 1 N–H and O–H groups in total. The van der Waals surface area contributed by atoms with Gasteiger partial charge in [-0.25, -0.2) is 0 Å². The number of para-hydroxylation sites is 2. The number of piperazine rings is 1. The Morgan fingerprint density at radius 1 is 1.17 bits per heavy atom. The first-order chi connectivity index (χ1) is 14.2. The monoisotopic (exact) mass is 390 g/mol. The number of hydrogen-bond acceptors (Lipinski definition) is 5. The summed E-state index contributed by atoms with van der Waals surface area (Å²) in [5.74, 6) is -0.0687. The van der Waals surface area contributed by atoms with Gasteiger partial charge in [0.15, 0.2) is 0 Å². The number of nitriles is 1. The minimum atomic E-state index is -0.140. The van der Waals surface area contributed by atoms with Gasteiger partial charge in [0.25, 0.3) is 0 Å². The van der Waals surface area contributed by atoms with Gasteiger partial charge in [-0.15, -0.1) is 0 Å². The first kappa shape index (κ1) is 19.3. The number of hydrogen-bond donors (Lipinski definition) is 1. The molecule has 150 valence electrons. The van der Waals surface area contributed by atoms with Crippen LogP contribution in [0.4, 0.5) is 11.4 Å². The Balaban J connectivity index is 1.63. The van der Waals surface area contributed by atoms with Gasteiger partial charge in [0, 0.05) is 39.0 Å². The molecule has 4 rings (SSSR count). The van der Waals surface area contributed by atoms with Crippen molar-refractivity contribution in [1.29, 1.82) is 5.26 Å². The maximum absolute atomic E-state index is 13.0. The second-order valence-electron chi connectivity index (χ2n) is 7.56. The molecule has 0 saturated carbocycles. The van der Waals surface area contributed by atoms with Crippen LogP contribution in [0.1, 0.15) is 11.1 Å². The average Bonchev–Trinajstić information content (AvgIpc) is 2.78. The molecule has 1 saturated heterocycles. The lowest BCUT2D eigenvalue weighted by molar-refractivity contribution is -0.126. The van der Waals surface area contributed by atoms with Gasteiger partial charge in [0.2, 0.25) is 5.91 Å². The lowest BCUT2D eigenvalue weighted by Crippen LogP contribution is -2.61. The summed E-state index contributed by atoms with van der Waals surface area (Å²) in [7, 11) is 1.64. The second-order valence-corrected chi connectivity index (χ2v) is 7.56. The van der Waals surface area contributed by atoms with Gasteiger partial charge in [0.05, 0.1) is 29.8 Å². The van der Waals surface area contributed by atoms with E-state index >= 15 is 0 Å². The van der Waals surface area contributed by atoms with E-state index in [0.717, 1.165) is 31.7 Å². The number of benzene rings is 2. The van der Waals surface area contributed by atoms with E-state index in [1.807, 2.05) is 30.3 Å². The fourth-order valence-electron chi connectivity index (χ4n) is 4.53. The van der Waals surface area contributed by atoms with Crippen LogP contribution in [0, 0.1) is 17.2 Å². The number of carbonyl (C=O) groups excluding carboxylic acids is 1. The van der Waals surface area contributed by atoms with Crippen molar-refractivity contribution in [3.8, 4) is 6.07 Å². The minimum Gasteiger partial charge on any atom is -0.383 e. The third-order valence-electron chi connectivity index (χ3n) is 5.93. The molecule has 6 heteroatoms. The number of amides is 1. The average molecular weight is 390 g/mol. The van der Waals surface area contributed by atoms with E-state index in [2.05, 4.69) is 39.4 Å². The van der Waals surface area contributed by atoms with Crippen molar-refractivity contribution in [2.45, 2.75) is 12.5 Å². The zero-order valence-corrected chi connectivity index (χ0v) is 16.7. The predicted octanol–water partition coefficient (Wildman–Crippen LogP) is 2.19. The Kier molecular flexibility index (Phi) is 5.68. The molecule has 0 unspecified atom stereocenters. The van der Waals surface area contributed by atoms with Crippen molar-refractivity contribution >= 4 is 17.3 Å². The molecule has 2 aromatic rings. The molecule has 0 radical (unpaired) electrons. The number of fused-ring (bicyclic) bond motifs is 3. The Morgan fingerprint density at radius 3 is 2.72 bits per heavy atom. The van der Waals surface area contributed by atoms with Crippen LogP contribution in [-0.2, 0) is 16.0 Å². The molecule has 29 heavy (non-hydrogen) atoms. The normalized spacial score (nSPS) is 20.4. The lowest BCUT2D eigenvalue weighted by atomic mass is 9.83. The van der Waals surface area contributed by atoms with E-state index in [-0.39, 0.29) is 17.9 Å². The van der Waals surface area contributed by atoms with Crippen LogP contribution < -0.4 is 15.1 Å². The molecule has 1 fully saturated rings. The van der Waals surface area contributed by atoms with Crippen molar-refractivity contribution in [3.63, 3.8) is 0 Å². The number of carbonyl (C=O) groups is 1. The van der Waals surface area contributed by atoms with Crippen LogP contribution in [-0.4, -0.2) is 51.8 Å². The van der Waals surface area contributed by atoms with Gasteiger partial charge >= 0.3 is 0 Å². The lowest BCUT2D eigenvalue weighted by Gasteiger charge is -2.49. The van der Waals surface area contributed by atoms with E-state index < -0.39 is 0 Å². The standard InChI is InChI=1S/C23H26N4O2/c1-29-13-10-25-23(28)19-14-17-6-2-5-9-21(17)27-12-11-26(16-22(19)27)20-8-4-3-7-18(20)15-24/h2-9,19,22H,10-14,16H2,1H3,(H,25,28)/t19-,22-/m0/s1. The van der Waals surface area contributed by atoms with Crippen LogP contribution in [0.3, 0.4) is 0 Å².